The molecule has 3 aromatic rings. The quantitative estimate of drug-likeness (QED) is 0.292. The summed E-state index contributed by atoms with van der Waals surface area (Å²) in [5.41, 5.74) is 7.01. The van der Waals surface area contributed by atoms with Crippen molar-refractivity contribution in [2.45, 2.75) is 64.6 Å². The van der Waals surface area contributed by atoms with Gasteiger partial charge in [0.2, 0.25) is 5.60 Å². The lowest BCUT2D eigenvalue weighted by molar-refractivity contribution is -0.188. The summed E-state index contributed by atoms with van der Waals surface area (Å²) in [5, 5.41) is 12.4. The highest BCUT2D eigenvalue weighted by molar-refractivity contribution is 6.91. The van der Waals surface area contributed by atoms with Crippen LogP contribution in [0, 0.1) is 0 Å². The Bertz CT molecular complexity index is 1530. The first-order chi connectivity index (χ1) is 17.6. The average molecular weight is 522 g/mol. The van der Waals surface area contributed by atoms with Crippen molar-refractivity contribution in [3.63, 3.8) is 0 Å². The van der Waals surface area contributed by atoms with Gasteiger partial charge in [-0.25, -0.2) is 9.78 Å². The van der Waals surface area contributed by atoms with E-state index in [4.69, 9.17) is 20.2 Å². The lowest BCUT2D eigenvalue weighted by Gasteiger charge is -2.35. The molecule has 0 amide bonds. The van der Waals surface area contributed by atoms with Gasteiger partial charge in [-0.3, -0.25) is 9.59 Å². The number of hydrogen-bond acceptors (Lipinski definition) is 8. The van der Waals surface area contributed by atoms with Gasteiger partial charge in [0.15, 0.2) is 0 Å². The highest BCUT2D eigenvalue weighted by Crippen LogP contribution is 2.41. The van der Waals surface area contributed by atoms with Gasteiger partial charge in [0, 0.05) is 10.9 Å². The predicted molar refractivity (Wildman–Crippen MR) is 141 cm³/mol. The monoisotopic (exact) mass is 521 g/mol. The number of hydrogen-bond donors (Lipinski definition) is 2. The summed E-state index contributed by atoms with van der Waals surface area (Å²) in [5.74, 6) is -1.30. The van der Waals surface area contributed by atoms with Crippen LogP contribution in [0.2, 0.25) is 19.1 Å². The zero-order chi connectivity index (χ0) is 26.7. The van der Waals surface area contributed by atoms with Gasteiger partial charge in [-0.2, -0.15) is 0 Å². The number of benzene rings is 1. The van der Waals surface area contributed by atoms with Crippen molar-refractivity contribution in [1.29, 1.82) is 0 Å². The number of fused-ring (bicyclic) bond motifs is 5. The van der Waals surface area contributed by atoms with Crippen molar-refractivity contribution in [1.82, 2.24) is 9.55 Å². The van der Waals surface area contributed by atoms with Crippen molar-refractivity contribution in [2.24, 2.45) is 5.73 Å². The van der Waals surface area contributed by atoms with Gasteiger partial charge in [-0.1, -0.05) is 39.4 Å². The summed E-state index contributed by atoms with van der Waals surface area (Å²) in [7, 11) is -2.01. The molecule has 0 radical (unpaired) electrons. The number of ether oxygens (including phenoxy) is 2. The van der Waals surface area contributed by atoms with E-state index >= 15 is 0 Å². The molecule has 5 rings (SSSR count). The molecule has 10 heteroatoms. The number of rotatable bonds is 6. The first kappa shape index (κ1) is 25.2. The van der Waals surface area contributed by atoms with Crippen LogP contribution in [0.3, 0.4) is 0 Å². The van der Waals surface area contributed by atoms with Gasteiger partial charge in [0.25, 0.3) is 5.56 Å². The molecule has 0 saturated heterocycles. The summed E-state index contributed by atoms with van der Waals surface area (Å²) in [4.78, 5) is 44.0. The Balaban J connectivity index is 1.82. The number of phenolic OH excluding ortho intramolecular Hbond substituents is 1. The molecule has 0 aliphatic carbocycles. The fraction of sp³-hybridized carbons (Fsp3) is 0.407. The SMILES string of the molecule is CCC[Si](C)(C)c1c2c(nc3ccc(O)cc13)-c1cc3c(c(=O)n1C2)COC(=O)[C@@]3(CC)OC(=O)CN. The molecule has 0 unspecified atom stereocenters. The fourth-order valence-electron chi connectivity index (χ4n) is 5.98. The Hall–Kier alpha value is -3.50. The van der Waals surface area contributed by atoms with Gasteiger partial charge >= 0.3 is 11.9 Å². The lowest BCUT2D eigenvalue weighted by Crippen LogP contribution is -2.48. The van der Waals surface area contributed by atoms with Gasteiger partial charge in [-0.05, 0) is 41.4 Å². The summed E-state index contributed by atoms with van der Waals surface area (Å²) < 4.78 is 12.6. The maximum atomic E-state index is 13.8. The average Bonchev–Trinajstić information content (AvgIpc) is 3.22. The molecule has 2 aromatic heterocycles. The lowest BCUT2D eigenvalue weighted by atomic mass is 9.85. The van der Waals surface area contributed by atoms with Crippen molar-refractivity contribution >= 4 is 36.1 Å². The van der Waals surface area contributed by atoms with Crippen LogP contribution < -0.4 is 16.5 Å². The van der Waals surface area contributed by atoms with Gasteiger partial charge in [0.05, 0.1) is 43.6 Å². The summed E-state index contributed by atoms with van der Waals surface area (Å²) >= 11 is 0. The number of esters is 2. The highest BCUT2D eigenvalue weighted by atomic mass is 28.3. The minimum Gasteiger partial charge on any atom is -0.508 e. The van der Waals surface area contributed by atoms with E-state index in [2.05, 4.69) is 20.0 Å². The van der Waals surface area contributed by atoms with Crippen LogP contribution in [0.1, 0.15) is 43.4 Å². The van der Waals surface area contributed by atoms with Gasteiger partial charge < -0.3 is 24.9 Å². The fourth-order valence-corrected chi connectivity index (χ4v) is 9.43. The number of carbonyl (C=O) groups is 2. The number of carbonyl (C=O) groups excluding carboxylic acids is 2. The molecule has 2 aliphatic heterocycles. The molecule has 4 heterocycles. The molecule has 1 atom stereocenters. The third-order valence-corrected chi connectivity index (χ3v) is 11.3. The van der Waals surface area contributed by atoms with Crippen LogP contribution in [0.4, 0.5) is 0 Å². The third-order valence-electron chi connectivity index (χ3n) is 7.65. The molecule has 2 aliphatic rings. The van der Waals surface area contributed by atoms with E-state index in [1.54, 1.807) is 35.8 Å². The zero-order valence-corrected chi connectivity index (χ0v) is 22.5. The summed E-state index contributed by atoms with van der Waals surface area (Å²) in [6.45, 7) is 8.19. The molecule has 0 spiro atoms. The van der Waals surface area contributed by atoms with E-state index in [-0.39, 0.29) is 29.9 Å². The number of aromatic nitrogens is 2. The summed E-state index contributed by atoms with van der Waals surface area (Å²) in [6.07, 6.45) is 1.11. The second kappa shape index (κ2) is 8.81. The van der Waals surface area contributed by atoms with E-state index in [9.17, 15) is 19.5 Å². The number of pyridine rings is 2. The number of cyclic esters (lactones) is 1. The Morgan fingerprint density at radius 1 is 1.24 bits per heavy atom. The van der Waals surface area contributed by atoms with Crippen molar-refractivity contribution in [2.75, 3.05) is 6.54 Å². The topological polar surface area (TPSA) is 134 Å². The first-order valence-corrected chi connectivity index (χ1v) is 15.8. The zero-order valence-electron chi connectivity index (χ0n) is 21.5. The number of aromatic hydroxyl groups is 1. The van der Waals surface area contributed by atoms with E-state index in [1.165, 1.54) is 5.19 Å². The molecule has 1 aromatic carbocycles. The van der Waals surface area contributed by atoms with Crippen LogP contribution in [-0.4, -0.2) is 41.2 Å². The maximum absolute atomic E-state index is 13.8. The smallest absolute Gasteiger partial charge is 0.355 e. The molecule has 0 bridgehead atoms. The molecule has 0 fully saturated rings. The predicted octanol–water partition coefficient (Wildman–Crippen LogP) is 2.62. The standard InChI is InChI=1S/C27H31N3O6Si/c1-5-9-37(3,4)24-16-10-15(31)7-8-20(16)29-23-17(24)13-30-21(23)11-19-18(25(30)33)14-35-26(34)27(19,6-2)36-22(32)12-28/h7-8,10-11,31H,5-6,9,12-14,28H2,1-4H3/t27-/m0/s1. The van der Waals surface area contributed by atoms with Gasteiger partial charge in [-0.15, -0.1) is 0 Å². The Kier molecular flexibility index (Phi) is 5.99. The molecular formula is C27H31N3O6Si. The second-order valence-corrected chi connectivity index (χ2v) is 15.2. The Labute approximate surface area is 215 Å². The molecular weight excluding hydrogens is 490 g/mol. The van der Waals surface area contributed by atoms with E-state index in [1.807, 2.05) is 0 Å². The number of nitrogens with zero attached hydrogens (tertiary/aromatic N) is 2. The maximum Gasteiger partial charge on any atom is 0.355 e. The summed E-state index contributed by atoms with van der Waals surface area (Å²) in [6, 6.07) is 7.96. The Morgan fingerprint density at radius 3 is 2.68 bits per heavy atom. The third kappa shape index (κ3) is 3.69. The van der Waals surface area contributed by atoms with E-state index in [0.717, 1.165) is 28.9 Å². The van der Waals surface area contributed by atoms with Crippen LogP contribution in [0.25, 0.3) is 22.3 Å². The van der Waals surface area contributed by atoms with Crippen LogP contribution in [0.15, 0.2) is 29.1 Å². The number of phenols is 1. The minimum absolute atomic E-state index is 0.0897. The van der Waals surface area contributed by atoms with Crippen molar-refractivity contribution < 1.29 is 24.2 Å². The Morgan fingerprint density at radius 2 is 2.00 bits per heavy atom. The van der Waals surface area contributed by atoms with Gasteiger partial charge in [0.1, 0.15) is 12.4 Å². The molecule has 0 saturated carbocycles. The largest absolute Gasteiger partial charge is 0.508 e. The van der Waals surface area contributed by atoms with E-state index in [0.29, 0.717) is 23.5 Å². The first-order valence-electron chi connectivity index (χ1n) is 12.6. The van der Waals surface area contributed by atoms with Crippen molar-refractivity contribution in [3.05, 3.63) is 51.3 Å². The van der Waals surface area contributed by atoms with Crippen LogP contribution >= 0.6 is 0 Å². The molecule has 194 valence electrons. The second-order valence-electron chi connectivity index (χ2n) is 10.4. The van der Waals surface area contributed by atoms with Crippen molar-refractivity contribution in [3.8, 4) is 17.1 Å². The minimum atomic E-state index is -2.01. The normalized spacial score (nSPS) is 18.2. The number of nitrogens with two attached hydrogens (primary N) is 1. The molecule has 37 heavy (non-hydrogen) atoms. The van der Waals surface area contributed by atoms with E-state index < -0.39 is 32.2 Å². The van der Waals surface area contributed by atoms with Crippen LogP contribution in [0.5, 0.6) is 5.75 Å². The molecule has 3 N–H and O–H groups in total. The van der Waals surface area contributed by atoms with Crippen LogP contribution in [-0.2, 0) is 37.8 Å². The highest BCUT2D eigenvalue weighted by Gasteiger charge is 2.50. The molecule has 9 nitrogen and oxygen atoms in total.